The van der Waals surface area contributed by atoms with Crippen LogP contribution in [0, 0.1) is 11.7 Å². The lowest BCUT2D eigenvalue weighted by Gasteiger charge is -2.34. The van der Waals surface area contributed by atoms with E-state index < -0.39 is 41.3 Å². The second kappa shape index (κ2) is 6.99. The minimum absolute atomic E-state index is 0.224. The molecule has 0 aromatic heterocycles. The molecule has 7 heteroatoms. The smallest absolute Gasteiger partial charge is 0.322 e. The zero-order valence-corrected chi connectivity index (χ0v) is 15.3. The highest BCUT2D eigenvalue weighted by Gasteiger charge is 2.49. The molecule has 3 rings (SSSR count). The molecule has 0 spiro atoms. The summed E-state index contributed by atoms with van der Waals surface area (Å²) in [6, 6.07) is 10.7. The van der Waals surface area contributed by atoms with Gasteiger partial charge in [-0.25, -0.2) is 4.39 Å². The van der Waals surface area contributed by atoms with E-state index >= 15 is 0 Å². The number of rotatable bonds is 4. The summed E-state index contributed by atoms with van der Waals surface area (Å²) >= 11 is 0. The molecule has 1 amide bonds. The summed E-state index contributed by atoms with van der Waals surface area (Å²) in [5.41, 5.74) is 0.938. The molecule has 1 aliphatic rings. The number of carbonyl (C=O) groups is 4. The topological polar surface area (TPSA) is 101 Å². The van der Waals surface area contributed by atoms with Crippen LogP contribution in [-0.2, 0) is 19.8 Å². The van der Waals surface area contributed by atoms with E-state index in [1.807, 2.05) is 0 Å². The molecule has 0 radical (unpaired) electrons. The van der Waals surface area contributed by atoms with Crippen molar-refractivity contribution in [1.82, 2.24) is 5.32 Å². The van der Waals surface area contributed by atoms with Gasteiger partial charge in [-0.15, -0.1) is 0 Å². The third-order valence-electron chi connectivity index (χ3n) is 4.95. The van der Waals surface area contributed by atoms with Crippen LogP contribution in [0.5, 0.6) is 0 Å². The van der Waals surface area contributed by atoms with E-state index in [1.54, 1.807) is 44.2 Å². The predicted molar refractivity (Wildman–Crippen MR) is 98.3 cm³/mol. The molecule has 28 heavy (non-hydrogen) atoms. The maximum atomic E-state index is 13.2. The largest absolute Gasteiger partial charge is 0.480 e. The maximum Gasteiger partial charge on any atom is 0.322 e. The molecule has 144 valence electrons. The Balaban J connectivity index is 2.05. The van der Waals surface area contributed by atoms with Gasteiger partial charge < -0.3 is 10.4 Å². The molecule has 2 aromatic carbocycles. The van der Waals surface area contributed by atoms with Gasteiger partial charge in [0.25, 0.3) is 0 Å². The number of carboxylic acids is 1. The number of nitrogens with one attached hydrogen (secondary N) is 1. The van der Waals surface area contributed by atoms with Crippen LogP contribution < -0.4 is 5.32 Å². The minimum atomic E-state index is -1.61. The van der Waals surface area contributed by atoms with Crippen molar-refractivity contribution < 1.29 is 28.7 Å². The maximum absolute atomic E-state index is 13.2. The number of carboxylic acid groups (broad SMARTS) is 1. The summed E-state index contributed by atoms with van der Waals surface area (Å²) in [5, 5.41) is 10.8. The van der Waals surface area contributed by atoms with Crippen molar-refractivity contribution >= 4 is 23.4 Å². The Morgan fingerprint density at radius 1 is 1.07 bits per heavy atom. The third kappa shape index (κ3) is 3.31. The number of carbonyl (C=O) groups excluding carboxylic acids is 3. The molecule has 1 aliphatic carbocycles. The van der Waals surface area contributed by atoms with Crippen molar-refractivity contribution in [2.45, 2.75) is 19.3 Å². The number of hydrogen-bond donors (Lipinski definition) is 2. The van der Waals surface area contributed by atoms with Crippen LogP contribution in [0.2, 0.25) is 0 Å². The van der Waals surface area contributed by atoms with Gasteiger partial charge in [0.2, 0.25) is 5.91 Å². The Morgan fingerprint density at radius 2 is 1.68 bits per heavy atom. The van der Waals surface area contributed by atoms with Crippen LogP contribution in [0.4, 0.5) is 4.39 Å². The van der Waals surface area contributed by atoms with Gasteiger partial charge in [0.05, 0.1) is 5.41 Å². The Kier molecular flexibility index (Phi) is 4.85. The van der Waals surface area contributed by atoms with E-state index in [9.17, 15) is 23.6 Å². The van der Waals surface area contributed by atoms with Crippen molar-refractivity contribution in [2.75, 3.05) is 6.54 Å². The second-order valence-electron chi connectivity index (χ2n) is 7.17. The van der Waals surface area contributed by atoms with Gasteiger partial charge in [0, 0.05) is 5.56 Å². The standard InChI is InChI=1S/C21H18FNO5/c1-21(2)15-8-5-12(11-3-6-13(22)7-4-11)9-14(15)18(26)17(19(21)27)20(28)23-10-16(24)25/h3-9,17H,10H2,1-2H3,(H,23,28)(H,24,25). The van der Waals surface area contributed by atoms with E-state index in [0.717, 1.165) is 0 Å². The van der Waals surface area contributed by atoms with Crippen LogP contribution >= 0.6 is 0 Å². The first-order valence-electron chi connectivity index (χ1n) is 8.61. The summed E-state index contributed by atoms with van der Waals surface area (Å²) in [4.78, 5) is 48.8. The zero-order valence-electron chi connectivity index (χ0n) is 15.3. The summed E-state index contributed by atoms with van der Waals surface area (Å²) in [7, 11) is 0. The highest BCUT2D eigenvalue weighted by Crippen LogP contribution is 2.38. The number of aliphatic carboxylic acids is 1. The van der Waals surface area contributed by atoms with Gasteiger partial charge in [-0.05, 0) is 48.7 Å². The molecule has 0 aliphatic heterocycles. The summed E-state index contributed by atoms with van der Waals surface area (Å²) in [5.74, 6) is -5.45. The Hall–Kier alpha value is -3.35. The number of ketones is 2. The SMILES string of the molecule is CC1(C)C(=O)C(C(=O)NCC(=O)O)C(=O)c2cc(-c3ccc(F)cc3)ccc21. The van der Waals surface area contributed by atoms with Crippen LogP contribution in [-0.4, -0.2) is 35.1 Å². The predicted octanol–water partition coefficient (Wildman–Crippen LogP) is 2.35. The van der Waals surface area contributed by atoms with E-state index in [-0.39, 0.29) is 11.4 Å². The van der Waals surface area contributed by atoms with Crippen LogP contribution in [0.1, 0.15) is 29.8 Å². The quantitative estimate of drug-likeness (QED) is 0.790. The molecule has 1 atom stereocenters. The van der Waals surface area contributed by atoms with Gasteiger partial charge >= 0.3 is 5.97 Å². The fourth-order valence-electron chi connectivity index (χ4n) is 3.39. The number of halogens is 1. The number of hydrogen-bond acceptors (Lipinski definition) is 4. The van der Waals surface area contributed by atoms with Crippen LogP contribution in [0.3, 0.4) is 0 Å². The summed E-state index contributed by atoms with van der Waals surface area (Å²) in [6.45, 7) is 2.56. The molecule has 0 heterocycles. The lowest BCUT2D eigenvalue weighted by Crippen LogP contribution is -2.51. The van der Waals surface area contributed by atoms with Crippen molar-refractivity contribution in [2.24, 2.45) is 5.92 Å². The second-order valence-corrected chi connectivity index (χ2v) is 7.17. The Labute approximate surface area is 160 Å². The van der Waals surface area contributed by atoms with E-state index in [1.165, 1.54) is 12.1 Å². The van der Waals surface area contributed by atoms with Crippen LogP contribution in [0.25, 0.3) is 11.1 Å². The van der Waals surface area contributed by atoms with Gasteiger partial charge in [-0.1, -0.05) is 24.3 Å². The highest BCUT2D eigenvalue weighted by molar-refractivity contribution is 6.29. The normalized spacial score (nSPS) is 17.8. The first-order chi connectivity index (χ1) is 13.1. The first-order valence-corrected chi connectivity index (χ1v) is 8.61. The fraction of sp³-hybridized carbons (Fsp3) is 0.238. The lowest BCUT2D eigenvalue weighted by molar-refractivity contribution is -0.140. The van der Waals surface area contributed by atoms with Crippen LogP contribution in [0.15, 0.2) is 42.5 Å². The Morgan fingerprint density at radius 3 is 2.29 bits per heavy atom. The monoisotopic (exact) mass is 383 g/mol. The fourth-order valence-corrected chi connectivity index (χ4v) is 3.39. The van der Waals surface area contributed by atoms with Gasteiger partial charge in [-0.2, -0.15) is 0 Å². The molecule has 0 bridgehead atoms. The molecule has 0 fully saturated rings. The van der Waals surface area contributed by atoms with E-state index in [2.05, 4.69) is 5.32 Å². The number of Topliss-reactive ketones (excluding diaryl/α,β-unsaturated/α-hetero) is 2. The molecular weight excluding hydrogens is 365 g/mol. The lowest BCUT2D eigenvalue weighted by atomic mass is 9.66. The molecule has 0 saturated carbocycles. The number of fused-ring (bicyclic) bond motifs is 1. The minimum Gasteiger partial charge on any atom is -0.480 e. The molecular formula is C21H18FNO5. The number of amides is 1. The van der Waals surface area contributed by atoms with Gasteiger partial charge in [0.15, 0.2) is 17.5 Å². The van der Waals surface area contributed by atoms with Gasteiger partial charge in [-0.3, -0.25) is 19.2 Å². The van der Waals surface area contributed by atoms with Gasteiger partial charge in [0.1, 0.15) is 12.4 Å². The summed E-state index contributed by atoms with van der Waals surface area (Å²) in [6.07, 6.45) is 0. The highest BCUT2D eigenvalue weighted by atomic mass is 19.1. The Bertz CT molecular complexity index is 994. The van der Waals surface area contributed by atoms with Crippen molar-refractivity contribution in [3.63, 3.8) is 0 Å². The molecule has 2 N–H and O–H groups in total. The van der Waals surface area contributed by atoms with E-state index in [0.29, 0.717) is 16.7 Å². The van der Waals surface area contributed by atoms with Crippen molar-refractivity contribution in [3.8, 4) is 11.1 Å². The average Bonchev–Trinajstić information content (AvgIpc) is 2.65. The average molecular weight is 383 g/mol. The molecule has 1 unspecified atom stereocenters. The summed E-state index contributed by atoms with van der Waals surface area (Å²) < 4.78 is 13.2. The van der Waals surface area contributed by atoms with Crippen molar-refractivity contribution in [3.05, 3.63) is 59.4 Å². The van der Waals surface area contributed by atoms with E-state index in [4.69, 9.17) is 5.11 Å². The number of benzene rings is 2. The van der Waals surface area contributed by atoms with Crippen molar-refractivity contribution in [1.29, 1.82) is 0 Å². The first kappa shape index (κ1) is 19.4. The molecule has 6 nitrogen and oxygen atoms in total. The molecule has 2 aromatic rings. The zero-order chi connectivity index (χ0) is 20.6. The molecule has 0 saturated heterocycles. The third-order valence-corrected chi connectivity index (χ3v) is 4.95.